The Balaban J connectivity index is 1.64. The van der Waals surface area contributed by atoms with Gasteiger partial charge in [-0.2, -0.15) is 0 Å². The Morgan fingerprint density at radius 2 is 1.81 bits per heavy atom. The van der Waals surface area contributed by atoms with Crippen molar-refractivity contribution in [2.45, 2.75) is 38.0 Å². The van der Waals surface area contributed by atoms with Gasteiger partial charge in [-0.3, -0.25) is 0 Å². The van der Waals surface area contributed by atoms with Crippen molar-refractivity contribution < 1.29 is 0 Å². The van der Waals surface area contributed by atoms with Gasteiger partial charge in [-0.05, 0) is 61.5 Å². The Hall–Kier alpha value is -0.820. The van der Waals surface area contributed by atoms with Crippen LogP contribution in [-0.2, 0) is 0 Å². The molecule has 1 aromatic carbocycles. The summed E-state index contributed by atoms with van der Waals surface area (Å²) in [6.07, 6.45) is 6.98. The third-order valence-corrected chi connectivity index (χ3v) is 4.90. The summed E-state index contributed by atoms with van der Waals surface area (Å²) in [5.74, 6) is 1.66. The van der Waals surface area contributed by atoms with Crippen molar-refractivity contribution in [2.75, 3.05) is 6.54 Å². The van der Waals surface area contributed by atoms with Crippen molar-refractivity contribution in [2.24, 2.45) is 17.1 Å². The van der Waals surface area contributed by atoms with Crippen molar-refractivity contribution in [1.82, 2.24) is 0 Å². The third kappa shape index (κ3) is 1.67. The van der Waals surface area contributed by atoms with Crippen LogP contribution in [0.25, 0.3) is 0 Å². The molecular formula is C15H21N. The molecule has 16 heavy (non-hydrogen) atoms. The van der Waals surface area contributed by atoms with Crippen molar-refractivity contribution in [3.8, 4) is 0 Å². The van der Waals surface area contributed by atoms with Gasteiger partial charge in [0.15, 0.2) is 0 Å². The van der Waals surface area contributed by atoms with Crippen LogP contribution < -0.4 is 5.73 Å². The molecule has 1 atom stereocenters. The lowest BCUT2D eigenvalue weighted by molar-refractivity contribution is 0.283. The highest BCUT2D eigenvalue weighted by molar-refractivity contribution is 5.21. The van der Waals surface area contributed by atoms with Gasteiger partial charge >= 0.3 is 0 Å². The molecule has 1 heteroatoms. The maximum atomic E-state index is 5.79. The number of hydrogen-bond donors (Lipinski definition) is 1. The summed E-state index contributed by atoms with van der Waals surface area (Å²) in [4.78, 5) is 0. The minimum atomic E-state index is 0.681. The fourth-order valence-electron chi connectivity index (χ4n) is 3.63. The number of rotatable bonds is 2. The van der Waals surface area contributed by atoms with Crippen LogP contribution >= 0.6 is 0 Å². The molecule has 0 bridgehead atoms. The first-order valence-electron chi connectivity index (χ1n) is 6.59. The summed E-state index contributed by atoms with van der Waals surface area (Å²) in [6, 6.07) is 11.0. The van der Waals surface area contributed by atoms with Crippen LogP contribution in [0.4, 0.5) is 0 Å². The second-order valence-corrected chi connectivity index (χ2v) is 5.68. The van der Waals surface area contributed by atoms with E-state index in [0.29, 0.717) is 5.41 Å². The SMILES string of the molecule is NCC1CC12CCC(c1ccccc1)CC2. The summed E-state index contributed by atoms with van der Waals surface area (Å²) in [7, 11) is 0. The monoisotopic (exact) mass is 215 g/mol. The molecule has 2 N–H and O–H groups in total. The molecule has 0 aromatic heterocycles. The molecule has 2 aliphatic carbocycles. The van der Waals surface area contributed by atoms with Gasteiger partial charge < -0.3 is 5.73 Å². The smallest absolute Gasteiger partial charge is 0.00433 e. The van der Waals surface area contributed by atoms with E-state index in [1.54, 1.807) is 5.56 Å². The molecule has 3 rings (SSSR count). The second-order valence-electron chi connectivity index (χ2n) is 5.68. The first kappa shape index (κ1) is 10.3. The minimum Gasteiger partial charge on any atom is -0.330 e. The van der Waals surface area contributed by atoms with Crippen LogP contribution in [0.3, 0.4) is 0 Å². The fourth-order valence-corrected chi connectivity index (χ4v) is 3.63. The van der Waals surface area contributed by atoms with Gasteiger partial charge in [-0.1, -0.05) is 30.3 Å². The summed E-state index contributed by atoms with van der Waals surface area (Å²) < 4.78 is 0. The Kier molecular flexibility index (Phi) is 2.51. The molecule has 0 aliphatic heterocycles. The molecule has 1 spiro atoms. The highest BCUT2D eigenvalue weighted by Gasteiger charge is 2.53. The molecule has 2 saturated carbocycles. The topological polar surface area (TPSA) is 26.0 Å². The quantitative estimate of drug-likeness (QED) is 0.804. The van der Waals surface area contributed by atoms with E-state index in [1.165, 1.54) is 32.1 Å². The summed E-state index contributed by atoms with van der Waals surface area (Å²) in [6.45, 7) is 0.913. The van der Waals surface area contributed by atoms with Gasteiger partial charge in [0.1, 0.15) is 0 Å². The van der Waals surface area contributed by atoms with Gasteiger partial charge in [-0.25, -0.2) is 0 Å². The largest absolute Gasteiger partial charge is 0.330 e. The van der Waals surface area contributed by atoms with E-state index in [4.69, 9.17) is 5.73 Å². The molecule has 0 radical (unpaired) electrons. The molecular weight excluding hydrogens is 194 g/mol. The molecule has 0 heterocycles. The van der Waals surface area contributed by atoms with Crippen LogP contribution in [0.5, 0.6) is 0 Å². The number of nitrogens with two attached hydrogens (primary N) is 1. The maximum absolute atomic E-state index is 5.79. The van der Waals surface area contributed by atoms with E-state index in [-0.39, 0.29) is 0 Å². The van der Waals surface area contributed by atoms with E-state index in [2.05, 4.69) is 30.3 Å². The predicted molar refractivity (Wildman–Crippen MR) is 67.2 cm³/mol. The molecule has 0 amide bonds. The summed E-state index contributed by atoms with van der Waals surface area (Å²) in [5.41, 5.74) is 8.01. The zero-order valence-electron chi connectivity index (χ0n) is 9.86. The Morgan fingerprint density at radius 1 is 1.12 bits per heavy atom. The molecule has 0 saturated heterocycles. The zero-order valence-corrected chi connectivity index (χ0v) is 9.86. The molecule has 1 nitrogen and oxygen atoms in total. The number of hydrogen-bond acceptors (Lipinski definition) is 1. The first-order chi connectivity index (χ1) is 7.84. The Morgan fingerprint density at radius 3 is 2.38 bits per heavy atom. The van der Waals surface area contributed by atoms with E-state index in [9.17, 15) is 0 Å². The van der Waals surface area contributed by atoms with Crippen LogP contribution in [0.2, 0.25) is 0 Å². The normalized spacial score (nSPS) is 37.6. The lowest BCUT2D eigenvalue weighted by atomic mass is 9.76. The summed E-state index contributed by atoms with van der Waals surface area (Å²) in [5, 5.41) is 0. The van der Waals surface area contributed by atoms with Crippen LogP contribution in [-0.4, -0.2) is 6.54 Å². The first-order valence-corrected chi connectivity index (χ1v) is 6.59. The third-order valence-electron chi connectivity index (χ3n) is 4.90. The van der Waals surface area contributed by atoms with Crippen molar-refractivity contribution in [3.05, 3.63) is 35.9 Å². The summed E-state index contributed by atoms with van der Waals surface area (Å²) >= 11 is 0. The van der Waals surface area contributed by atoms with Crippen LogP contribution in [0.1, 0.15) is 43.6 Å². The van der Waals surface area contributed by atoms with Gasteiger partial charge in [0, 0.05) is 0 Å². The average Bonchev–Trinajstić information content (AvgIpc) is 3.04. The van der Waals surface area contributed by atoms with E-state index >= 15 is 0 Å². The van der Waals surface area contributed by atoms with E-state index < -0.39 is 0 Å². The second kappa shape index (κ2) is 3.89. The van der Waals surface area contributed by atoms with E-state index in [1.807, 2.05) is 0 Å². The number of benzene rings is 1. The lowest BCUT2D eigenvalue weighted by Crippen LogP contribution is -2.18. The van der Waals surface area contributed by atoms with Crippen LogP contribution in [0.15, 0.2) is 30.3 Å². The van der Waals surface area contributed by atoms with E-state index in [0.717, 1.165) is 18.4 Å². The highest BCUT2D eigenvalue weighted by atomic mass is 14.7. The molecule has 86 valence electrons. The molecule has 2 aliphatic rings. The average molecular weight is 215 g/mol. The molecule has 1 unspecified atom stereocenters. The molecule has 2 fully saturated rings. The predicted octanol–water partition coefficient (Wildman–Crippen LogP) is 3.31. The van der Waals surface area contributed by atoms with Gasteiger partial charge in [0.05, 0.1) is 0 Å². The lowest BCUT2D eigenvalue weighted by Gasteiger charge is -2.29. The van der Waals surface area contributed by atoms with Gasteiger partial charge in [0.2, 0.25) is 0 Å². The molecule has 1 aromatic rings. The van der Waals surface area contributed by atoms with Crippen molar-refractivity contribution >= 4 is 0 Å². The Bertz CT molecular complexity index is 349. The van der Waals surface area contributed by atoms with Crippen molar-refractivity contribution in [3.63, 3.8) is 0 Å². The standard InChI is InChI=1S/C15H21N/c16-11-14-10-15(14)8-6-13(7-9-15)12-4-2-1-3-5-12/h1-5,13-14H,6-11,16H2. The highest BCUT2D eigenvalue weighted by Crippen LogP contribution is 2.62. The fraction of sp³-hybridized carbons (Fsp3) is 0.600. The van der Waals surface area contributed by atoms with Gasteiger partial charge in [-0.15, -0.1) is 0 Å². The maximum Gasteiger partial charge on any atom is -0.00433 e. The van der Waals surface area contributed by atoms with Gasteiger partial charge in [0.25, 0.3) is 0 Å². The zero-order chi connectivity index (χ0) is 11.0. The minimum absolute atomic E-state index is 0.681. The Labute approximate surface area is 98.0 Å². The van der Waals surface area contributed by atoms with Crippen molar-refractivity contribution in [1.29, 1.82) is 0 Å². The van der Waals surface area contributed by atoms with Crippen LogP contribution in [0, 0.1) is 11.3 Å².